The van der Waals surface area contributed by atoms with Crippen LogP contribution in [-0.4, -0.2) is 24.3 Å². The molecule has 0 bridgehead atoms. The zero-order chi connectivity index (χ0) is 20.3. The SMILES string of the molecule is CCC(C)C(NC(=O)Cc1ccc(S(N)(=O)=O)cc1)c1nc2ccccc2[nH]1. The van der Waals surface area contributed by atoms with Gasteiger partial charge < -0.3 is 10.3 Å². The zero-order valence-electron chi connectivity index (χ0n) is 15.8. The van der Waals surface area contributed by atoms with Gasteiger partial charge in [-0.1, -0.05) is 44.5 Å². The van der Waals surface area contributed by atoms with E-state index < -0.39 is 10.0 Å². The second-order valence-corrected chi connectivity index (χ2v) is 8.50. The van der Waals surface area contributed by atoms with Crippen molar-refractivity contribution >= 4 is 27.0 Å². The summed E-state index contributed by atoms with van der Waals surface area (Å²) < 4.78 is 22.7. The number of carbonyl (C=O) groups is 1. The van der Waals surface area contributed by atoms with Gasteiger partial charge >= 0.3 is 0 Å². The van der Waals surface area contributed by atoms with Crippen molar-refractivity contribution in [1.82, 2.24) is 15.3 Å². The monoisotopic (exact) mass is 400 g/mol. The first kappa shape index (κ1) is 20.0. The van der Waals surface area contributed by atoms with Crippen molar-refractivity contribution in [3.63, 3.8) is 0 Å². The average Bonchev–Trinajstić information content (AvgIpc) is 3.09. The molecule has 0 aliphatic heterocycles. The molecule has 3 rings (SSSR count). The molecule has 4 N–H and O–H groups in total. The number of hydrogen-bond acceptors (Lipinski definition) is 4. The Labute approximate surface area is 164 Å². The van der Waals surface area contributed by atoms with Gasteiger partial charge in [0.15, 0.2) is 0 Å². The number of aromatic nitrogens is 2. The summed E-state index contributed by atoms with van der Waals surface area (Å²) in [5, 5.41) is 8.16. The summed E-state index contributed by atoms with van der Waals surface area (Å²) in [6.45, 7) is 4.14. The summed E-state index contributed by atoms with van der Waals surface area (Å²) in [5.41, 5.74) is 2.50. The molecule has 0 saturated heterocycles. The number of aromatic amines is 1. The lowest BCUT2D eigenvalue weighted by atomic mass is 9.98. The second kappa shape index (κ2) is 8.12. The Balaban J connectivity index is 1.76. The molecule has 7 nitrogen and oxygen atoms in total. The topological polar surface area (TPSA) is 118 Å². The average molecular weight is 401 g/mol. The molecule has 0 spiro atoms. The van der Waals surface area contributed by atoms with Gasteiger partial charge in [0.1, 0.15) is 5.82 Å². The fraction of sp³-hybridized carbons (Fsp3) is 0.300. The lowest BCUT2D eigenvalue weighted by Gasteiger charge is -2.22. The number of benzene rings is 2. The molecule has 148 valence electrons. The summed E-state index contributed by atoms with van der Waals surface area (Å²) in [6.07, 6.45) is 1.02. The zero-order valence-corrected chi connectivity index (χ0v) is 16.7. The maximum atomic E-state index is 12.6. The number of nitrogens with two attached hydrogens (primary N) is 1. The standard InChI is InChI=1S/C20H24N4O3S/c1-3-13(2)19(20-22-16-6-4-5-7-17(16)23-20)24-18(25)12-14-8-10-15(11-9-14)28(21,26)27/h4-11,13,19H,3,12H2,1-2H3,(H,22,23)(H,24,25)(H2,21,26,27). The minimum atomic E-state index is -3.74. The Morgan fingerprint density at radius 3 is 2.46 bits per heavy atom. The van der Waals surface area contributed by atoms with Crippen molar-refractivity contribution in [1.29, 1.82) is 0 Å². The largest absolute Gasteiger partial charge is 0.346 e. The van der Waals surface area contributed by atoms with Crippen LogP contribution >= 0.6 is 0 Å². The molecule has 0 saturated carbocycles. The van der Waals surface area contributed by atoms with Gasteiger partial charge in [0, 0.05) is 0 Å². The van der Waals surface area contributed by atoms with Crippen molar-refractivity contribution in [3.8, 4) is 0 Å². The predicted molar refractivity (Wildman–Crippen MR) is 108 cm³/mol. The lowest BCUT2D eigenvalue weighted by molar-refractivity contribution is -0.121. The summed E-state index contributed by atoms with van der Waals surface area (Å²) >= 11 is 0. The van der Waals surface area contributed by atoms with Crippen molar-refractivity contribution in [2.24, 2.45) is 11.1 Å². The number of para-hydroxylation sites is 2. The van der Waals surface area contributed by atoms with E-state index in [0.29, 0.717) is 5.56 Å². The van der Waals surface area contributed by atoms with Crippen molar-refractivity contribution in [2.75, 3.05) is 0 Å². The van der Waals surface area contributed by atoms with E-state index in [1.807, 2.05) is 24.3 Å². The van der Waals surface area contributed by atoms with E-state index in [4.69, 9.17) is 5.14 Å². The Morgan fingerprint density at radius 1 is 1.18 bits per heavy atom. The third-order valence-corrected chi connectivity index (χ3v) is 5.78. The maximum Gasteiger partial charge on any atom is 0.238 e. The van der Waals surface area contributed by atoms with Crippen LogP contribution in [0, 0.1) is 5.92 Å². The van der Waals surface area contributed by atoms with Crippen LogP contribution in [0.3, 0.4) is 0 Å². The quantitative estimate of drug-likeness (QED) is 0.565. The van der Waals surface area contributed by atoms with E-state index in [2.05, 4.69) is 29.1 Å². The molecule has 8 heteroatoms. The molecular weight excluding hydrogens is 376 g/mol. The Kier molecular flexibility index (Phi) is 5.81. The van der Waals surface area contributed by atoms with Crippen LogP contribution in [0.4, 0.5) is 0 Å². The van der Waals surface area contributed by atoms with Crippen LogP contribution < -0.4 is 10.5 Å². The van der Waals surface area contributed by atoms with Crippen LogP contribution in [0.1, 0.15) is 37.7 Å². The number of fused-ring (bicyclic) bond motifs is 1. The number of H-pyrrole nitrogens is 1. The number of carbonyl (C=O) groups excluding carboxylic acids is 1. The number of sulfonamides is 1. The van der Waals surface area contributed by atoms with E-state index in [0.717, 1.165) is 23.3 Å². The minimum absolute atomic E-state index is 0.0245. The predicted octanol–water partition coefficient (Wildman–Crippen LogP) is 2.66. The Hall–Kier alpha value is -2.71. The molecule has 1 heterocycles. The highest BCUT2D eigenvalue weighted by Crippen LogP contribution is 2.24. The number of nitrogens with one attached hydrogen (secondary N) is 2. The molecular formula is C20H24N4O3S. The summed E-state index contributed by atoms with van der Waals surface area (Å²) in [6, 6.07) is 13.5. The molecule has 0 aliphatic rings. The first-order valence-corrected chi connectivity index (χ1v) is 10.7. The van der Waals surface area contributed by atoms with E-state index in [-0.39, 0.29) is 29.2 Å². The van der Waals surface area contributed by atoms with Gasteiger partial charge in [0.05, 0.1) is 28.4 Å². The number of amides is 1. The third kappa shape index (κ3) is 4.58. The number of hydrogen-bond donors (Lipinski definition) is 3. The van der Waals surface area contributed by atoms with Gasteiger partial charge in [-0.2, -0.15) is 0 Å². The van der Waals surface area contributed by atoms with Crippen molar-refractivity contribution in [3.05, 3.63) is 59.9 Å². The number of nitrogens with zero attached hydrogens (tertiary/aromatic N) is 1. The number of rotatable bonds is 7. The summed E-state index contributed by atoms with van der Waals surface area (Å²) in [7, 11) is -3.74. The Bertz CT molecular complexity index is 1040. The van der Waals surface area contributed by atoms with Gasteiger partial charge in [-0.3, -0.25) is 4.79 Å². The van der Waals surface area contributed by atoms with Gasteiger partial charge in [0.25, 0.3) is 0 Å². The number of imidazole rings is 1. The van der Waals surface area contributed by atoms with Gasteiger partial charge in [-0.25, -0.2) is 18.5 Å². The van der Waals surface area contributed by atoms with Gasteiger partial charge in [-0.05, 0) is 35.7 Å². The fourth-order valence-electron chi connectivity index (χ4n) is 3.04. The molecule has 0 fully saturated rings. The third-order valence-electron chi connectivity index (χ3n) is 4.85. The smallest absolute Gasteiger partial charge is 0.238 e. The van der Waals surface area contributed by atoms with Gasteiger partial charge in [0.2, 0.25) is 15.9 Å². The highest BCUT2D eigenvalue weighted by Gasteiger charge is 2.23. The fourth-order valence-corrected chi connectivity index (χ4v) is 3.56. The number of primary sulfonamides is 1. The van der Waals surface area contributed by atoms with Gasteiger partial charge in [-0.15, -0.1) is 0 Å². The van der Waals surface area contributed by atoms with Crippen molar-refractivity contribution in [2.45, 2.75) is 37.6 Å². The lowest BCUT2D eigenvalue weighted by Crippen LogP contribution is -2.34. The molecule has 0 aliphatic carbocycles. The minimum Gasteiger partial charge on any atom is -0.346 e. The van der Waals surface area contributed by atoms with Crippen LogP contribution in [0.25, 0.3) is 11.0 Å². The first-order valence-electron chi connectivity index (χ1n) is 9.13. The molecule has 1 amide bonds. The molecule has 2 aromatic carbocycles. The van der Waals surface area contributed by atoms with Crippen LogP contribution in [0.15, 0.2) is 53.4 Å². The summed E-state index contributed by atoms with van der Waals surface area (Å²) in [5.74, 6) is 0.761. The van der Waals surface area contributed by atoms with E-state index in [1.165, 1.54) is 12.1 Å². The van der Waals surface area contributed by atoms with Crippen molar-refractivity contribution < 1.29 is 13.2 Å². The van der Waals surface area contributed by atoms with E-state index in [9.17, 15) is 13.2 Å². The van der Waals surface area contributed by atoms with Crippen LogP contribution in [-0.2, 0) is 21.2 Å². The van der Waals surface area contributed by atoms with Crippen LogP contribution in [0.2, 0.25) is 0 Å². The molecule has 28 heavy (non-hydrogen) atoms. The molecule has 2 atom stereocenters. The highest BCUT2D eigenvalue weighted by atomic mass is 32.2. The highest BCUT2D eigenvalue weighted by molar-refractivity contribution is 7.89. The Morgan fingerprint density at radius 2 is 1.86 bits per heavy atom. The van der Waals surface area contributed by atoms with Crippen LogP contribution in [0.5, 0.6) is 0 Å². The molecule has 3 aromatic rings. The maximum absolute atomic E-state index is 12.6. The molecule has 2 unspecified atom stereocenters. The second-order valence-electron chi connectivity index (χ2n) is 6.94. The van der Waals surface area contributed by atoms with E-state index in [1.54, 1.807) is 12.1 Å². The van der Waals surface area contributed by atoms with E-state index >= 15 is 0 Å². The summed E-state index contributed by atoms with van der Waals surface area (Å²) in [4.78, 5) is 20.6. The first-order chi connectivity index (χ1) is 13.3. The molecule has 0 radical (unpaired) electrons. The molecule has 1 aromatic heterocycles. The normalized spacial score (nSPS) is 14.0.